The van der Waals surface area contributed by atoms with Crippen LogP contribution in [0.5, 0.6) is 11.5 Å². The summed E-state index contributed by atoms with van der Waals surface area (Å²) in [7, 11) is 1.35. The van der Waals surface area contributed by atoms with E-state index in [1.165, 1.54) is 25.3 Å². The number of benzene rings is 1. The summed E-state index contributed by atoms with van der Waals surface area (Å²) in [6, 6.07) is -1.63. The topological polar surface area (TPSA) is 42.8 Å². The fourth-order valence-electron chi connectivity index (χ4n) is 1.48. The average Bonchev–Trinajstić information content (AvgIpc) is 2.46. The van der Waals surface area contributed by atoms with Crippen LogP contribution in [-0.2, 0) is 0 Å². The van der Waals surface area contributed by atoms with Crippen molar-refractivity contribution in [1.82, 2.24) is 5.43 Å². The molecule has 0 bridgehead atoms. The maximum Gasteiger partial charge on any atom is 0.462 e. The molecule has 0 heterocycles. The third-order valence-corrected chi connectivity index (χ3v) is 2.66. The molecule has 0 unspecified atom stereocenters. The highest BCUT2D eigenvalue weighted by atomic mass is 19.4. The SMILES string of the molecule is CCOc1cc(/C=N/NC(F)(F)C(F)(F)C(F)(F)F)ccc1OC. The number of hydrogen-bond donors (Lipinski definition) is 1. The number of methoxy groups -OCH3 is 1. The van der Waals surface area contributed by atoms with Crippen LogP contribution in [-0.4, -0.2) is 38.1 Å². The van der Waals surface area contributed by atoms with E-state index >= 15 is 0 Å². The Morgan fingerprint density at radius 2 is 1.71 bits per heavy atom. The van der Waals surface area contributed by atoms with E-state index in [1.54, 1.807) is 6.92 Å². The fourth-order valence-corrected chi connectivity index (χ4v) is 1.48. The van der Waals surface area contributed by atoms with E-state index in [1.807, 2.05) is 0 Å². The van der Waals surface area contributed by atoms with Gasteiger partial charge in [-0.3, -0.25) is 0 Å². The van der Waals surface area contributed by atoms with E-state index in [9.17, 15) is 30.7 Å². The lowest BCUT2D eigenvalue weighted by Gasteiger charge is -2.27. The maximum atomic E-state index is 13.0. The van der Waals surface area contributed by atoms with Gasteiger partial charge in [0.25, 0.3) is 0 Å². The van der Waals surface area contributed by atoms with E-state index in [-0.39, 0.29) is 17.9 Å². The van der Waals surface area contributed by atoms with Crippen LogP contribution < -0.4 is 14.9 Å². The Morgan fingerprint density at radius 1 is 1.08 bits per heavy atom. The molecule has 4 nitrogen and oxygen atoms in total. The van der Waals surface area contributed by atoms with Crippen LogP contribution in [0.3, 0.4) is 0 Å². The third-order valence-electron chi connectivity index (χ3n) is 2.66. The molecule has 0 aliphatic rings. The van der Waals surface area contributed by atoms with Gasteiger partial charge in [-0.25, -0.2) is 5.43 Å². The van der Waals surface area contributed by atoms with Gasteiger partial charge < -0.3 is 9.47 Å². The minimum absolute atomic E-state index is 0.109. The molecule has 0 amide bonds. The summed E-state index contributed by atoms with van der Waals surface area (Å²) in [5.41, 5.74) is 0.638. The Morgan fingerprint density at radius 3 is 2.21 bits per heavy atom. The minimum Gasteiger partial charge on any atom is -0.493 e. The zero-order valence-electron chi connectivity index (χ0n) is 12.4. The standard InChI is InChI=1S/C13H13F7N2O2/c1-3-24-10-6-8(4-5-9(10)23-2)7-21-22-13(19,20)11(14,15)12(16,17)18/h4-7,22H,3H2,1-2H3/b21-7+. The van der Waals surface area contributed by atoms with Gasteiger partial charge in [0, 0.05) is 0 Å². The Hall–Kier alpha value is -2.20. The Labute approximate surface area is 132 Å². The summed E-state index contributed by atoms with van der Waals surface area (Å²) in [6.07, 6.45) is -5.79. The molecule has 1 N–H and O–H groups in total. The van der Waals surface area contributed by atoms with Crippen molar-refractivity contribution in [3.05, 3.63) is 23.8 Å². The van der Waals surface area contributed by atoms with Crippen LogP contribution in [0.2, 0.25) is 0 Å². The van der Waals surface area contributed by atoms with Crippen molar-refractivity contribution in [2.45, 2.75) is 25.1 Å². The monoisotopic (exact) mass is 362 g/mol. The van der Waals surface area contributed by atoms with Gasteiger partial charge in [0.2, 0.25) is 0 Å². The van der Waals surface area contributed by atoms with Gasteiger partial charge in [0.1, 0.15) is 0 Å². The quantitative estimate of drug-likeness (QED) is 0.347. The summed E-state index contributed by atoms with van der Waals surface area (Å²) in [6.45, 7) is 1.92. The highest BCUT2D eigenvalue weighted by molar-refractivity contribution is 5.80. The Kier molecular flexibility index (Phi) is 5.90. The molecular weight excluding hydrogens is 349 g/mol. The highest BCUT2D eigenvalue weighted by Gasteiger charge is 2.73. The molecule has 0 radical (unpaired) electrons. The lowest BCUT2D eigenvalue weighted by molar-refractivity contribution is -0.361. The zero-order chi connectivity index (χ0) is 18.6. The first-order valence-electron chi connectivity index (χ1n) is 6.39. The predicted octanol–water partition coefficient (Wildman–Crippen LogP) is 3.81. The summed E-state index contributed by atoms with van der Waals surface area (Å²) in [4.78, 5) is 0. The molecule has 136 valence electrons. The lowest BCUT2D eigenvalue weighted by Crippen LogP contribution is -2.58. The first-order chi connectivity index (χ1) is 11.0. The van der Waals surface area contributed by atoms with Crippen molar-refractivity contribution in [3.63, 3.8) is 0 Å². The number of halogens is 7. The van der Waals surface area contributed by atoms with Gasteiger partial charge in [-0.1, -0.05) is 0 Å². The number of rotatable bonds is 7. The van der Waals surface area contributed by atoms with Crippen LogP contribution in [0, 0.1) is 0 Å². The minimum atomic E-state index is -6.43. The molecule has 11 heteroatoms. The number of hydrogen-bond acceptors (Lipinski definition) is 4. The molecule has 24 heavy (non-hydrogen) atoms. The predicted molar refractivity (Wildman–Crippen MR) is 70.8 cm³/mol. The van der Waals surface area contributed by atoms with Gasteiger partial charge in [0.05, 0.1) is 19.9 Å². The van der Waals surface area contributed by atoms with E-state index < -0.39 is 18.1 Å². The number of nitrogens with one attached hydrogen (secondary N) is 1. The molecule has 0 aliphatic carbocycles. The summed E-state index contributed by atoms with van der Waals surface area (Å²) in [5.74, 6) is -5.75. The molecular formula is C13H13F7N2O2. The number of hydrazone groups is 1. The summed E-state index contributed by atoms with van der Waals surface area (Å²) >= 11 is 0. The summed E-state index contributed by atoms with van der Waals surface area (Å²) in [5, 5.41) is 2.75. The van der Waals surface area contributed by atoms with Crippen molar-refractivity contribution in [2.75, 3.05) is 13.7 Å². The highest BCUT2D eigenvalue weighted by Crippen LogP contribution is 2.45. The molecule has 0 fully saturated rings. The first-order valence-corrected chi connectivity index (χ1v) is 6.39. The normalized spacial score (nSPS) is 13.2. The largest absolute Gasteiger partial charge is 0.493 e. The van der Waals surface area contributed by atoms with E-state index in [0.717, 1.165) is 0 Å². The van der Waals surface area contributed by atoms with Gasteiger partial charge >= 0.3 is 18.1 Å². The maximum absolute atomic E-state index is 13.0. The second-order valence-corrected chi connectivity index (χ2v) is 4.36. The van der Waals surface area contributed by atoms with Crippen molar-refractivity contribution in [3.8, 4) is 11.5 Å². The van der Waals surface area contributed by atoms with Gasteiger partial charge in [-0.15, -0.1) is 0 Å². The molecule has 1 aromatic carbocycles. The number of ether oxygens (including phenoxy) is 2. The molecule has 0 saturated heterocycles. The van der Waals surface area contributed by atoms with Crippen molar-refractivity contribution in [2.24, 2.45) is 5.10 Å². The third kappa shape index (κ3) is 4.20. The second kappa shape index (κ2) is 7.14. The zero-order valence-corrected chi connectivity index (χ0v) is 12.4. The fraction of sp³-hybridized carbons (Fsp3) is 0.462. The molecule has 0 saturated carbocycles. The number of nitrogens with zero attached hydrogens (tertiary/aromatic N) is 1. The van der Waals surface area contributed by atoms with Crippen molar-refractivity contribution in [1.29, 1.82) is 0 Å². The van der Waals surface area contributed by atoms with Gasteiger partial charge in [0.15, 0.2) is 11.5 Å². The second-order valence-electron chi connectivity index (χ2n) is 4.36. The molecule has 0 aliphatic heterocycles. The van der Waals surface area contributed by atoms with Gasteiger partial charge in [-0.2, -0.15) is 35.8 Å². The van der Waals surface area contributed by atoms with E-state index in [2.05, 4.69) is 5.10 Å². The molecule has 0 spiro atoms. The van der Waals surface area contributed by atoms with Crippen LogP contribution in [0.25, 0.3) is 0 Å². The van der Waals surface area contributed by atoms with Crippen LogP contribution in [0.4, 0.5) is 30.7 Å². The molecule has 1 rings (SSSR count). The van der Waals surface area contributed by atoms with Crippen LogP contribution in [0.1, 0.15) is 12.5 Å². The lowest BCUT2D eigenvalue weighted by atomic mass is 10.2. The van der Waals surface area contributed by atoms with Crippen molar-refractivity contribution >= 4 is 6.21 Å². The molecule has 1 aromatic rings. The smallest absolute Gasteiger partial charge is 0.462 e. The van der Waals surface area contributed by atoms with E-state index in [0.29, 0.717) is 17.4 Å². The Balaban J connectivity index is 2.92. The Bertz CT molecular complexity index is 588. The summed E-state index contributed by atoms with van der Waals surface area (Å²) < 4.78 is 97.3. The van der Waals surface area contributed by atoms with Gasteiger partial charge in [-0.05, 0) is 30.7 Å². The molecule has 0 atom stereocenters. The van der Waals surface area contributed by atoms with Crippen LogP contribution >= 0.6 is 0 Å². The first kappa shape index (κ1) is 19.8. The van der Waals surface area contributed by atoms with Crippen LogP contribution in [0.15, 0.2) is 23.3 Å². The van der Waals surface area contributed by atoms with Crippen molar-refractivity contribution < 1.29 is 40.2 Å². The van der Waals surface area contributed by atoms with E-state index in [4.69, 9.17) is 9.47 Å². The molecule has 0 aromatic heterocycles. The average molecular weight is 362 g/mol. The number of alkyl halides is 7.